The summed E-state index contributed by atoms with van der Waals surface area (Å²) in [5.74, 6) is -0.186. The van der Waals surface area contributed by atoms with Gasteiger partial charge in [0.2, 0.25) is 0 Å². The number of ether oxygens (including phenoxy) is 1. The predicted molar refractivity (Wildman–Crippen MR) is 69.8 cm³/mol. The molecule has 1 fully saturated rings. The Labute approximate surface area is 112 Å². The zero-order chi connectivity index (χ0) is 13.7. The number of nitrogens with one attached hydrogen (secondary N) is 1. The number of aromatic nitrogens is 1. The van der Waals surface area contributed by atoms with Crippen molar-refractivity contribution in [3.63, 3.8) is 0 Å². The van der Waals surface area contributed by atoms with E-state index in [4.69, 9.17) is 10.00 Å². The van der Waals surface area contributed by atoms with Crippen molar-refractivity contribution in [1.82, 2.24) is 10.3 Å². The summed E-state index contributed by atoms with van der Waals surface area (Å²) in [6.07, 6.45) is 1.19. The molecule has 0 saturated carbocycles. The molecule has 19 heavy (non-hydrogen) atoms. The number of carbonyl (C=O) groups excluding carboxylic acids is 1. The maximum Gasteiger partial charge on any atom is 0.269 e. The van der Waals surface area contributed by atoms with Crippen molar-refractivity contribution in [1.29, 1.82) is 5.26 Å². The third kappa shape index (κ3) is 3.20. The van der Waals surface area contributed by atoms with Gasteiger partial charge in [0, 0.05) is 25.0 Å². The van der Waals surface area contributed by atoms with E-state index in [-0.39, 0.29) is 5.91 Å². The lowest BCUT2D eigenvalue weighted by Gasteiger charge is -2.31. The summed E-state index contributed by atoms with van der Waals surface area (Å²) >= 11 is 0. The van der Waals surface area contributed by atoms with Crippen LogP contribution in [0.15, 0.2) is 18.3 Å². The summed E-state index contributed by atoms with van der Waals surface area (Å²) in [4.78, 5) is 17.8. The Hall–Kier alpha value is -2.13. The summed E-state index contributed by atoms with van der Waals surface area (Å²) in [5, 5.41) is 11.6. The molecule has 1 unspecified atom stereocenters. The lowest BCUT2D eigenvalue weighted by Crippen LogP contribution is -2.42. The molecule has 100 valence electrons. The van der Waals surface area contributed by atoms with E-state index in [1.807, 2.05) is 17.9 Å². The van der Waals surface area contributed by atoms with Crippen LogP contribution in [-0.4, -0.2) is 43.2 Å². The lowest BCUT2D eigenvalue weighted by atomic mass is 10.2. The number of hydrogen-bond acceptors (Lipinski definition) is 5. The second-order valence-electron chi connectivity index (χ2n) is 4.19. The molecule has 0 radical (unpaired) electrons. The monoisotopic (exact) mass is 260 g/mol. The molecular weight excluding hydrogens is 244 g/mol. The summed E-state index contributed by atoms with van der Waals surface area (Å²) < 4.78 is 5.30. The first-order valence-corrected chi connectivity index (χ1v) is 6.25. The highest BCUT2D eigenvalue weighted by Crippen LogP contribution is 2.18. The minimum absolute atomic E-state index is 0.186. The van der Waals surface area contributed by atoms with Gasteiger partial charge >= 0.3 is 0 Å². The summed E-state index contributed by atoms with van der Waals surface area (Å²) in [7, 11) is 0. The first kappa shape index (κ1) is 13.3. The van der Waals surface area contributed by atoms with Gasteiger partial charge in [0.15, 0.2) is 6.10 Å². The van der Waals surface area contributed by atoms with Crippen molar-refractivity contribution in [2.24, 2.45) is 0 Å². The van der Waals surface area contributed by atoms with E-state index in [0.717, 1.165) is 5.69 Å². The van der Waals surface area contributed by atoms with Gasteiger partial charge in [-0.05, 0) is 19.1 Å². The number of rotatable bonds is 3. The minimum Gasteiger partial charge on any atom is -0.365 e. The predicted octanol–water partition coefficient (Wildman–Crippen LogP) is 0.560. The van der Waals surface area contributed by atoms with Gasteiger partial charge in [-0.15, -0.1) is 0 Å². The third-order valence-electron chi connectivity index (χ3n) is 2.89. The Morgan fingerprint density at radius 3 is 3.32 bits per heavy atom. The first-order chi connectivity index (χ1) is 9.24. The van der Waals surface area contributed by atoms with Crippen LogP contribution < -0.4 is 10.2 Å². The molecule has 0 aliphatic carbocycles. The molecule has 1 saturated heterocycles. The molecule has 1 atom stereocenters. The van der Waals surface area contributed by atoms with E-state index in [2.05, 4.69) is 16.4 Å². The topological polar surface area (TPSA) is 78.3 Å². The highest BCUT2D eigenvalue weighted by atomic mass is 16.5. The number of carbonyl (C=O) groups is 1. The molecule has 1 aliphatic heterocycles. The van der Waals surface area contributed by atoms with Crippen LogP contribution in [0.2, 0.25) is 0 Å². The van der Waals surface area contributed by atoms with Crippen molar-refractivity contribution in [2.75, 3.05) is 31.1 Å². The molecule has 0 aromatic carbocycles. The molecule has 0 bridgehead atoms. The molecule has 1 N–H and O–H groups in total. The number of nitrogens with zero attached hydrogens (tertiary/aromatic N) is 3. The van der Waals surface area contributed by atoms with Crippen LogP contribution in [0.4, 0.5) is 5.69 Å². The summed E-state index contributed by atoms with van der Waals surface area (Å²) in [6.45, 7) is 4.16. The molecule has 0 spiro atoms. The SMILES string of the molecule is CCNC(=O)c1cc(N2CCOC(C#N)C2)ccn1. The van der Waals surface area contributed by atoms with Crippen LogP contribution in [0.25, 0.3) is 0 Å². The van der Waals surface area contributed by atoms with Gasteiger partial charge in [-0.2, -0.15) is 5.26 Å². The maximum absolute atomic E-state index is 11.7. The lowest BCUT2D eigenvalue weighted by molar-refractivity contribution is 0.0764. The molecule has 2 heterocycles. The zero-order valence-corrected chi connectivity index (χ0v) is 10.8. The number of pyridine rings is 1. The van der Waals surface area contributed by atoms with Crippen molar-refractivity contribution >= 4 is 11.6 Å². The quantitative estimate of drug-likeness (QED) is 0.859. The molecule has 1 aliphatic rings. The van der Waals surface area contributed by atoms with Gasteiger partial charge in [0.25, 0.3) is 5.91 Å². The highest BCUT2D eigenvalue weighted by Gasteiger charge is 2.21. The van der Waals surface area contributed by atoms with Gasteiger partial charge in [-0.3, -0.25) is 9.78 Å². The second-order valence-corrected chi connectivity index (χ2v) is 4.19. The maximum atomic E-state index is 11.7. The molecule has 1 aromatic rings. The van der Waals surface area contributed by atoms with Gasteiger partial charge in [0.1, 0.15) is 5.69 Å². The average Bonchev–Trinajstić information content (AvgIpc) is 2.48. The van der Waals surface area contributed by atoms with Crippen LogP contribution in [0.1, 0.15) is 17.4 Å². The number of morpholine rings is 1. The van der Waals surface area contributed by atoms with Crippen LogP contribution >= 0.6 is 0 Å². The normalized spacial score (nSPS) is 18.7. The van der Waals surface area contributed by atoms with E-state index < -0.39 is 6.10 Å². The Morgan fingerprint density at radius 1 is 1.74 bits per heavy atom. The van der Waals surface area contributed by atoms with E-state index in [1.54, 1.807) is 12.3 Å². The van der Waals surface area contributed by atoms with Crippen LogP contribution in [0.5, 0.6) is 0 Å². The second kappa shape index (κ2) is 6.16. The van der Waals surface area contributed by atoms with Crippen molar-refractivity contribution in [3.05, 3.63) is 24.0 Å². The van der Waals surface area contributed by atoms with Gasteiger partial charge < -0.3 is 15.0 Å². The molecule has 6 nitrogen and oxygen atoms in total. The van der Waals surface area contributed by atoms with Crippen molar-refractivity contribution in [2.45, 2.75) is 13.0 Å². The fourth-order valence-corrected chi connectivity index (χ4v) is 1.95. The first-order valence-electron chi connectivity index (χ1n) is 6.25. The zero-order valence-electron chi connectivity index (χ0n) is 10.8. The van der Waals surface area contributed by atoms with Gasteiger partial charge in [-0.1, -0.05) is 0 Å². The third-order valence-corrected chi connectivity index (χ3v) is 2.89. The number of amides is 1. The Bertz CT molecular complexity index is 498. The standard InChI is InChI=1S/C13H16N4O2/c1-2-15-13(18)12-7-10(3-4-16-12)17-5-6-19-11(8-14)9-17/h3-4,7,11H,2,5-6,9H2,1H3,(H,15,18). The van der Waals surface area contributed by atoms with E-state index in [0.29, 0.717) is 31.9 Å². The van der Waals surface area contributed by atoms with Crippen molar-refractivity contribution < 1.29 is 9.53 Å². The summed E-state index contributed by atoms with van der Waals surface area (Å²) in [6, 6.07) is 5.68. The van der Waals surface area contributed by atoms with E-state index >= 15 is 0 Å². The number of nitriles is 1. The Morgan fingerprint density at radius 2 is 2.58 bits per heavy atom. The Balaban J connectivity index is 2.14. The molecule has 1 amide bonds. The van der Waals surface area contributed by atoms with Crippen LogP contribution in [0, 0.1) is 11.3 Å². The highest BCUT2D eigenvalue weighted by molar-refractivity contribution is 5.93. The minimum atomic E-state index is -0.421. The number of hydrogen-bond donors (Lipinski definition) is 1. The van der Waals surface area contributed by atoms with Gasteiger partial charge in [-0.25, -0.2) is 0 Å². The average molecular weight is 260 g/mol. The van der Waals surface area contributed by atoms with E-state index in [9.17, 15) is 4.79 Å². The van der Waals surface area contributed by atoms with Crippen LogP contribution in [-0.2, 0) is 4.74 Å². The fraction of sp³-hybridized carbons (Fsp3) is 0.462. The van der Waals surface area contributed by atoms with Crippen LogP contribution in [0.3, 0.4) is 0 Å². The molecule has 1 aromatic heterocycles. The number of anilines is 1. The van der Waals surface area contributed by atoms with Crippen molar-refractivity contribution in [3.8, 4) is 6.07 Å². The smallest absolute Gasteiger partial charge is 0.269 e. The Kier molecular flexibility index (Phi) is 4.31. The molecular formula is C13H16N4O2. The van der Waals surface area contributed by atoms with Gasteiger partial charge in [0.05, 0.1) is 19.2 Å². The molecule has 6 heteroatoms. The van der Waals surface area contributed by atoms with E-state index in [1.165, 1.54) is 0 Å². The molecule has 2 rings (SSSR count). The fourth-order valence-electron chi connectivity index (χ4n) is 1.95. The summed E-state index contributed by atoms with van der Waals surface area (Å²) in [5.41, 5.74) is 1.28. The largest absolute Gasteiger partial charge is 0.365 e.